The second kappa shape index (κ2) is 5.66. The van der Waals surface area contributed by atoms with E-state index in [1.165, 1.54) is 0 Å². The molecule has 1 aliphatic carbocycles. The molecule has 0 bridgehead atoms. The van der Waals surface area contributed by atoms with Gasteiger partial charge in [-0.25, -0.2) is 0 Å². The number of hydrogen-bond acceptors (Lipinski definition) is 3. The fraction of sp³-hybridized carbons (Fsp3) is 0.917. The zero-order chi connectivity index (χ0) is 14.0. The molecule has 0 spiro atoms. The topological polar surface area (TPSA) is 64.3 Å². The summed E-state index contributed by atoms with van der Waals surface area (Å²) in [5, 5.41) is 2.53. The number of hydrogen-bond donors (Lipinski definition) is 2. The molecular formula is C12H19F3N2O2. The highest BCUT2D eigenvalue weighted by Crippen LogP contribution is 2.37. The Morgan fingerprint density at radius 3 is 2.47 bits per heavy atom. The average molecular weight is 280 g/mol. The molecule has 4 unspecified atom stereocenters. The molecule has 110 valence electrons. The van der Waals surface area contributed by atoms with Gasteiger partial charge in [0.25, 0.3) is 0 Å². The molecule has 0 aromatic rings. The van der Waals surface area contributed by atoms with Gasteiger partial charge in [-0.15, -0.1) is 0 Å². The molecule has 3 N–H and O–H groups in total. The first kappa shape index (κ1) is 14.6. The molecule has 4 nitrogen and oxygen atoms in total. The molecule has 2 fully saturated rings. The predicted molar refractivity (Wildman–Crippen MR) is 62.2 cm³/mol. The summed E-state index contributed by atoms with van der Waals surface area (Å²) in [7, 11) is 0. The number of rotatable bonds is 2. The van der Waals surface area contributed by atoms with Crippen molar-refractivity contribution in [1.82, 2.24) is 5.32 Å². The van der Waals surface area contributed by atoms with Crippen molar-refractivity contribution in [3.05, 3.63) is 0 Å². The summed E-state index contributed by atoms with van der Waals surface area (Å²) in [6.07, 6.45) is -2.53. The monoisotopic (exact) mass is 280 g/mol. The van der Waals surface area contributed by atoms with Gasteiger partial charge in [0.15, 0.2) is 0 Å². The maximum absolute atomic E-state index is 12.9. The Hall–Kier alpha value is -0.820. The summed E-state index contributed by atoms with van der Waals surface area (Å²) >= 11 is 0. The number of amides is 1. The molecule has 0 aromatic carbocycles. The summed E-state index contributed by atoms with van der Waals surface area (Å²) in [6, 6.07) is -1.25. The van der Waals surface area contributed by atoms with Crippen molar-refractivity contribution >= 4 is 5.91 Å². The molecule has 7 heteroatoms. The second-order valence-corrected chi connectivity index (χ2v) is 5.36. The minimum atomic E-state index is -4.26. The number of nitrogens with one attached hydrogen (secondary N) is 1. The standard InChI is InChI=1S/C12H19F3N2O2/c13-12(14,15)8-3-1-2-4-10(8)17-11(18)7-5-19-6-9(7)16/h7-10H,1-6,16H2,(H,17,18). The fourth-order valence-electron chi connectivity index (χ4n) is 2.83. The minimum Gasteiger partial charge on any atom is -0.379 e. The highest BCUT2D eigenvalue weighted by atomic mass is 19.4. The average Bonchev–Trinajstić information content (AvgIpc) is 2.75. The van der Waals surface area contributed by atoms with Gasteiger partial charge in [0.1, 0.15) is 0 Å². The molecule has 1 aliphatic heterocycles. The Morgan fingerprint density at radius 1 is 1.21 bits per heavy atom. The highest BCUT2D eigenvalue weighted by molar-refractivity contribution is 5.80. The van der Waals surface area contributed by atoms with Crippen LogP contribution in [0.25, 0.3) is 0 Å². The Balaban J connectivity index is 1.97. The van der Waals surface area contributed by atoms with Crippen LogP contribution in [0, 0.1) is 11.8 Å². The van der Waals surface area contributed by atoms with Gasteiger partial charge in [0.05, 0.1) is 25.0 Å². The number of alkyl halides is 3. The summed E-state index contributed by atoms with van der Waals surface area (Å²) in [5.74, 6) is -2.38. The molecule has 1 saturated carbocycles. The van der Waals surface area contributed by atoms with Crippen LogP contribution in [0.2, 0.25) is 0 Å². The molecule has 0 aromatic heterocycles. The van der Waals surface area contributed by atoms with E-state index in [0.29, 0.717) is 19.3 Å². The molecule has 19 heavy (non-hydrogen) atoms. The number of carbonyl (C=O) groups is 1. The van der Waals surface area contributed by atoms with E-state index in [1.54, 1.807) is 0 Å². The van der Waals surface area contributed by atoms with Gasteiger partial charge in [0.2, 0.25) is 5.91 Å². The van der Waals surface area contributed by atoms with Crippen LogP contribution in [-0.4, -0.2) is 37.4 Å². The van der Waals surface area contributed by atoms with Crippen molar-refractivity contribution in [3.63, 3.8) is 0 Å². The zero-order valence-electron chi connectivity index (χ0n) is 10.6. The van der Waals surface area contributed by atoms with Gasteiger partial charge < -0.3 is 15.8 Å². The second-order valence-electron chi connectivity index (χ2n) is 5.36. The van der Waals surface area contributed by atoms with Crippen molar-refractivity contribution < 1.29 is 22.7 Å². The van der Waals surface area contributed by atoms with Crippen LogP contribution in [0.1, 0.15) is 25.7 Å². The lowest BCUT2D eigenvalue weighted by Gasteiger charge is -2.34. The number of nitrogens with two attached hydrogens (primary N) is 1. The van der Waals surface area contributed by atoms with Crippen LogP contribution in [0.15, 0.2) is 0 Å². The van der Waals surface area contributed by atoms with Crippen molar-refractivity contribution in [3.8, 4) is 0 Å². The number of ether oxygens (including phenoxy) is 1. The smallest absolute Gasteiger partial charge is 0.379 e. The van der Waals surface area contributed by atoms with Gasteiger partial charge in [0, 0.05) is 12.1 Å². The van der Waals surface area contributed by atoms with Crippen LogP contribution >= 0.6 is 0 Å². The van der Waals surface area contributed by atoms with E-state index < -0.39 is 36.0 Å². The third-order valence-corrected chi connectivity index (χ3v) is 3.98. The van der Waals surface area contributed by atoms with Gasteiger partial charge in [-0.3, -0.25) is 4.79 Å². The predicted octanol–water partition coefficient (Wildman–Crippen LogP) is 1.20. The molecule has 1 amide bonds. The van der Waals surface area contributed by atoms with E-state index in [-0.39, 0.29) is 19.6 Å². The van der Waals surface area contributed by atoms with Crippen LogP contribution in [0.3, 0.4) is 0 Å². The number of halogens is 3. The number of carbonyl (C=O) groups excluding carboxylic acids is 1. The summed E-state index contributed by atoms with van der Waals surface area (Å²) in [4.78, 5) is 12.0. The normalized spacial score (nSPS) is 36.2. The Kier molecular flexibility index (Phi) is 4.35. The van der Waals surface area contributed by atoms with Crippen molar-refractivity contribution in [2.45, 2.75) is 43.9 Å². The third-order valence-electron chi connectivity index (χ3n) is 3.98. The lowest BCUT2D eigenvalue weighted by molar-refractivity contribution is -0.189. The first-order chi connectivity index (χ1) is 8.89. The van der Waals surface area contributed by atoms with E-state index in [0.717, 1.165) is 0 Å². The quantitative estimate of drug-likeness (QED) is 0.799. The Morgan fingerprint density at radius 2 is 1.89 bits per heavy atom. The van der Waals surface area contributed by atoms with Gasteiger partial charge in [-0.1, -0.05) is 12.8 Å². The first-order valence-corrected chi connectivity index (χ1v) is 6.60. The molecule has 2 aliphatic rings. The Labute approximate surface area is 109 Å². The third kappa shape index (κ3) is 3.39. The largest absolute Gasteiger partial charge is 0.393 e. The van der Waals surface area contributed by atoms with Gasteiger partial charge >= 0.3 is 6.18 Å². The van der Waals surface area contributed by atoms with Crippen molar-refractivity contribution in [2.75, 3.05) is 13.2 Å². The van der Waals surface area contributed by atoms with Crippen molar-refractivity contribution in [1.29, 1.82) is 0 Å². The van der Waals surface area contributed by atoms with Crippen LogP contribution < -0.4 is 11.1 Å². The van der Waals surface area contributed by atoms with E-state index in [9.17, 15) is 18.0 Å². The summed E-state index contributed by atoms with van der Waals surface area (Å²) in [5.41, 5.74) is 5.70. The lowest BCUT2D eigenvalue weighted by atomic mass is 9.83. The van der Waals surface area contributed by atoms with E-state index in [4.69, 9.17) is 10.5 Å². The van der Waals surface area contributed by atoms with Crippen LogP contribution in [0.5, 0.6) is 0 Å². The Bertz CT molecular complexity index is 335. The van der Waals surface area contributed by atoms with E-state index in [2.05, 4.69) is 5.32 Å². The fourth-order valence-corrected chi connectivity index (χ4v) is 2.83. The zero-order valence-corrected chi connectivity index (χ0v) is 10.6. The van der Waals surface area contributed by atoms with E-state index >= 15 is 0 Å². The molecule has 4 atom stereocenters. The molecule has 1 saturated heterocycles. The van der Waals surface area contributed by atoms with Crippen LogP contribution in [0.4, 0.5) is 13.2 Å². The SMILES string of the molecule is NC1COCC1C(=O)NC1CCCCC1C(F)(F)F. The maximum Gasteiger partial charge on any atom is 0.393 e. The lowest BCUT2D eigenvalue weighted by Crippen LogP contribution is -2.51. The first-order valence-electron chi connectivity index (χ1n) is 6.60. The highest BCUT2D eigenvalue weighted by Gasteiger charge is 2.46. The summed E-state index contributed by atoms with van der Waals surface area (Å²) < 4.78 is 43.8. The summed E-state index contributed by atoms with van der Waals surface area (Å²) in [6.45, 7) is 0.474. The molecule has 2 rings (SSSR count). The minimum absolute atomic E-state index is 0.0850. The molecular weight excluding hydrogens is 261 g/mol. The van der Waals surface area contributed by atoms with Gasteiger partial charge in [-0.2, -0.15) is 13.2 Å². The maximum atomic E-state index is 12.9. The molecule has 1 heterocycles. The van der Waals surface area contributed by atoms with E-state index in [1.807, 2.05) is 0 Å². The van der Waals surface area contributed by atoms with Crippen LogP contribution in [-0.2, 0) is 9.53 Å². The molecule has 0 radical (unpaired) electrons. The van der Waals surface area contributed by atoms with Gasteiger partial charge in [-0.05, 0) is 12.8 Å². The van der Waals surface area contributed by atoms with Crippen molar-refractivity contribution in [2.24, 2.45) is 17.6 Å².